The minimum atomic E-state index is -3.40. The molecule has 120 valence electrons. The second-order valence-corrected chi connectivity index (χ2v) is 9.44. The number of thiazole rings is 1. The first-order valence-electron chi connectivity index (χ1n) is 6.88. The van der Waals surface area contributed by atoms with Crippen molar-refractivity contribution in [2.45, 2.75) is 11.1 Å². The Hall–Kier alpha value is -1.00. The molecule has 0 bridgehead atoms. The largest absolute Gasteiger partial charge is 0.375 e. The van der Waals surface area contributed by atoms with Crippen molar-refractivity contribution in [3.8, 4) is 10.4 Å². The van der Waals surface area contributed by atoms with E-state index in [0.29, 0.717) is 22.4 Å². The zero-order valence-electron chi connectivity index (χ0n) is 12.4. The summed E-state index contributed by atoms with van der Waals surface area (Å²) in [5.74, 6) is 0. The van der Waals surface area contributed by atoms with Gasteiger partial charge in [0.15, 0.2) is 5.13 Å². The third kappa shape index (κ3) is 2.91. The Bertz CT molecular complexity index is 773. The van der Waals surface area contributed by atoms with E-state index < -0.39 is 10.0 Å². The van der Waals surface area contributed by atoms with Crippen LogP contribution in [-0.4, -0.2) is 55.8 Å². The smallest absolute Gasteiger partial charge is 0.252 e. The monoisotopic (exact) mass is 358 g/mol. The first-order chi connectivity index (χ1) is 10.4. The molecule has 2 N–H and O–H groups in total. The number of nitrogen functional groups attached to an aromatic ring is 1. The Labute approximate surface area is 138 Å². The quantitative estimate of drug-likeness (QED) is 0.903. The molecule has 22 heavy (non-hydrogen) atoms. The maximum absolute atomic E-state index is 12.7. The summed E-state index contributed by atoms with van der Waals surface area (Å²) in [6.07, 6.45) is 0. The van der Waals surface area contributed by atoms with Gasteiger partial charge in [-0.15, -0.1) is 11.3 Å². The Morgan fingerprint density at radius 3 is 2.55 bits per heavy atom. The number of aromatic nitrogens is 1. The van der Waals surface area contributed by atoms with Crippen LogP contribution in [0.4, 0.5) is 5.13 Å². The van der Waals surface area contributed by atoms with Gasteiger partial charge in [0.2, 0.25) is 0 Å². The van der Waals surface area contributed by atoms with Gasteiger partial charge in [-0.25, -0.2) is 13.4 Å². The molecule has 0 aromatic carbocycles. The van der Waals surface area contributed by atoms with Gasteiger partial charge < -0.3 is 10.6 Å². The third-order valence-electron chi connectivity index (χ3n) is 3.71. The van der Waals surface area contributed by atoms with E-state index in [1.165, 1.54) is 22.7 Å². The van der Waals surface area contributed by atoms with Gasteiger partial charge in [0.1, 0.15) is 4.21 Å². The molecule has 0 unspecified atom stereocenters. The Morgan fingerprint density at radius 1 is 1.27 bits per heavy atom. The van der Waals surface area contributed by atoms with Crippen molar-refractivity contribution in [1.29, 1.82) is 0 Å². The van der Waals surface area contributed by atoms with Crippen molar-refractivity contribution in [3.05, 3.63) is 17.1 Å². The van der Waals surface area contributed by atoms with Crippen molar-refractivity contribution in [2.75, 3.05) is 39.0 Å². The summed E-state index contributed by atoms with van der Waals surface area (Å²) in [4.78, 5) is 7.27. The van der Waals surface area contributed by atoms with Crippen LogP contribution in [0.5, 0.6) is 0 Å². The van der Waals surface area contributed by atoms with E-state index in [1.54, 1.807) is 10.4 Å². The van der Waals surface area contributed by atoms with Gasteiger partial charge in [0.05, 0.1) is 10.6 Å². The van der Waals surface area contributed by atoms with Crippen LogP contribution >= 0.6 is 22.7 Å². The molecule has 0 radical (unpaired) electrons. The molecule has 1 saturated heterocycles. The van der Waals surface area contributed by atoms with Gasteiger partial charge in [-0.2, -0.15) is 4.31 Å². The number of hydrogen-bond donors (Lipinski definition) is 1. The summed E-state index contributed by atoms with van der Waals surface area (Å²) in [5, 5.41) is 2.37. The SMILES string of the molecule is Cc1nc(N)sc1-c1csc(S(=O)(=O)N2CCN(C)CC2)c1. The lowest BCUT2D eigenvalue weighted by atomic mass is 10.2. The number of thiophene rings is 1. The van der Waals surface area contributed by atoms with Gasteiger partial charge in [-0.3, -0.25) is 0 Å². The second kappa shape index (κ2) is 5.89. The molecule has 9 heteroatoms. The molecule has 1 aliphatic heterocycles. The van der Waals surface area contributed by atoms with E-state index in [0.717, 1.165) is 29.2 Å². The number of nitrogens with zero attached hydrogens (tertiary/aromatic N) is 3. The van der Waals surface area contributed by atoms with Gasteiger partial charge in [0, 0.05) is 37.1 Å². The predicted octanol–water partition coefficient (Wildman–Crippen LogP) is 1.70. The first-order valence-corrected chi connectivity index (χ1v) is 10.0. The van der Waals surface area contributed by atoms with E-state index in [4.69, 9.17) is 5.73 Å². The highest BCUT2D eigenvalue weighted by molar-refractivity contribution is 7.91. The molecule has 6 nitrogen and oxygen atoms in total. The fourth-order valence-electron chi connectivity index (χ4n) is 2.41. The number of anilines is 1. The van der Waals surface area contributed by atoms with E-state index in [1.807, 2.05) is 19.4 Å². The topological polar surface area (TPSA) is 79.5 Å². The van der Waals surface area contributed by atoms with Gasteiger partial charge in [-0.1, -0.05) is 11.3 Å². The van der Waals surface area contributed by atoms with E-state index in [9.17, 15) is 8.42 Å². The molecule has 2 aromatic rings. The number of nitrogens with two attached hydrogens (primary N) is 1. The summed E-state index contributed by atoms with van der Waals surface area (Å²) in [6, 6.07) is 1.73. The Balaban J connectivity index is 1.88. The molecule has 0 aliphatic carbocycles. The van der Waals surface area contributed by atoms with Crippen LogP contribution in [0.3, 0.4) is 0 Å². The highest BCUT2D eigenvalue weighted by Crippen LogP contribution is 2.36. The molecule has 0 saturated carbocycles. The number of rotatable bonds is 3. The molecular formula is C13H18N4O2S3. The van der Waals surface area contributed by atoms with Crippen LogP contribution in [0.15, 0.2) is 15.7 Å². The summed E-state index contributed by atoms with van der Waals surface area (Å²) < 4.78 is 27.4. The lowest BCUT2D eigenvalue weighted by molar-refractivity contribution is 0.222. The number of sulfonamides is 1. The average Bonchev–Trinajstić information content (AvgIpc) is 3.06. The maximum Gasteiger partial charge on any atom is 0.252 e. The van der Waals surface area contributed by atoms with Crippen LogP contribution in [0, 0.1) is 6.92 Å². The Kier molecular flexibility index (Phi) is 4.25. The van der Waals surface area contributed by atoms with Crippen LogP contribution in [0.2, 0.25) is 0 Å². The van der Waals surface area contributed by atoms with E-state index in [-0.39, 0.29) is 0 Å². The average molecular weight is 359 g/mol. The zero-order chi connectivity index (χ0) is 15.9. The second-order valence-electron chi connectivity index (χ2n) is 5.33. The van der Waals surface area contributed by atoms with Crippen LogP contribution in [0.1, 0.15) is 5.69 Å². The molecule has 2 aromatic heterocycles. The molecule has 3 heterocycles. The molecular weight excluding hydrogens is 340 g/mol. The molecule has 1 fully saturated rings. The Morgan fingerprint density at radius 2 is 1.95 bits per heavy atom. The standard InChI is InChI=1S/C13H18N4O2S3/c1-9-12(21-13(14)15-9)10-7-11(20-8-10)22(18,19)17-5-3-16(2)4-6-17/h7-8H,3-6H2,1-2H3,(H2,14,15). The normalized spacial score (nSPS) is 17.9. The fraction of sp³-hybridized carbons (Fsp3) is 0.462. The predicted molar refractivity (Wildman–Crippen MR) is 90.8 cm³/mol. The summed E-state index contributed by atoms with van der Waals surface area (Å²) in [6.45, 7) is 4.50. The van der Waals surface area contributed by atoms with Gasteiger partial charge in [0.25, 0.3) is 10.0 Å². The summed E-state index contributed by atoms with van der Waals surface area (Å²) in [7, 11) is -1.40. The van der Waals surface area contributed by atoms with Crippen LogP contribution < -0.4 is 5.73 Å². The third-order valence-corrected chi connectivity index (χ3v) is 8.06. The van der Waals surface area contributed by atoms with Crippen molar-refractivity contribution in [2.24, 2.45) is 0 Å². The first kappa shape index (κ1) is 15.9. The molecule has 3 rings (SSSR count). The van der Waals surface area contributed by atoms with Crippen LogP contribution in [0.25, 0.3) is 10.4 Å². The van der Waals surface area contributed by atoms with Crippen molar-refractivity contribution in [3.63, 3.8) is 0 Å². The molecule has 0 spiro atoms. The highest BCUT2D eigenvalue weighted by atomic mass is 32.2. The summed E-state index contributed by atoms with van der Waals surface area (Å²) in [5.41, 5.74) is 7.43. The van der Waals surface area contributed by atoms with Gasteiger partial charge in [-0.05, 0) is 20.0 Å². The minimum Gasteiger partial charge on any atom is -0.375 e. The number of likely N-dealkylation sites (N-methyl/N-ethyl adjacent to an activating group) is 1. The number of piperazine rings is 1. The molecule has 0 amide bonds. The number of hydrogen-bond acceptors (Lipinski definition) is 7. The fourth-order valence-corrected chi connectivity index (χ4v) is 6.05. The molecule has 0 atom stereocenters. The van der Waals surface area contributed by atoms with Crippen LogP contribution in [-0.2, 0) is 10.0 Å². The summed E-state index contributed by atoms with van der Waals surface area (Å²) >= 11 is 2.64. The zero-order valence-corrected chi connectivity index (χ0v) is 14.9. The van der Waals surface area contributed by atoms with E-state index in [2.05, 4.69) is 9.88 Å². The lowest BCUT2D eigenvalue weighted by Crippen LogP contribution is -2.46. The highest BCUT2D eigenvalue weighted by Gasteiger charge is 2.29. The van der Waals surface area contributed by atoms with Crippen molar-refractivity contribution >= 4 is 37.8 Å². The maximum atomic E-state index is 12.7. The number of aryl methyl sites for hydroxylation is 1. The van der Waals surface area contributed by atoms with Crippen molar-refractivity contribution in [1.82, 2.24) is 14.2 Å². The lowest BCUT2D eigenvalue weighted by Gasteiger charge is -2.31. The van der Waals surface area contributed by atoms with Gasteiger partial charge >= 0.3 is 0 Å². The minimum absolute atomic E-state index is 0.387. The molecule has 1 aliphatic rings. The van der Waals surface area contributed by atoms with Crippen molar-refractivity contribution < 1.29 is 8.42 Å². The van der Waals surface area contributed by atoms with E-state index >= 15 is 0 Å².